The van der Waals surface area contributed by atoms with Crippen molar-refractivity contribution in [2.75, 3.05) is 0 Å². The van der Waals surface area contributed by atoms with Gasteiger partial charge in [-0.05, 0) is 18.8 Å². The summed E-state index contributed by atoms with van der Waals surface area (Å²) in [5.74, 6) is 1.54. The van der Waals surface area contributed by atoms with Crippen LogP contribution < -0.4 is 0 Å². The fraction of sp³-hybridized carbons (Fsp3) is 0.889. The van der Waals surface area contributed by atoms with Gasteiger partial charge in [0.1, 0.15) is 5.78 Å². The summed E-state index contributed by atoms with van der Waals surface area (Å²) < 4.78 is 0. The highest BCUT2D eigenvalue weighted by Crippen LogP contribution is 2.29. The van der Waals surface area contributed by atoms with E-state index in [1.54, 1.807) is 0 Å². The molecule has 0 bridgehead atoms. The van der Waals surface area contributed by atoms with Crippen molar-refractivity contribution in [3.8, 4) is 0 Å². The molecule has 1 heteroatoms. The molecule has 0 amide bonds. The molecule has 1 unspecified atom stereocenters. The van der Waals surface area contributed by atoms with Gasteiger partial charge in [-0.25, -0.2) is 0 Å². The Morgan fingerprint density at radius 2 is 2.40 bits per heavy atom. The van der Waals surface area contributed by atoms with E-state index in [1.807, 2.05) is 0 Å². The van der Waals surface area contributed by atoms with Gasteiger partial charge < -0.3 is 0 Å². The molecule has 58 valence electrons. The SMILES string of the molecule is CCC(C)[C@@H]1CCCC1=O. The van der Waals surface area contributed by atoms with Crippen molar-refractivity contribution >= 4 is 5.78 Å². The van der Waals surface area contributed by atoms with Gasteiger partial charge in [-0.1, -0.05) is 20.3 Å². The molecule has 0 aliphatic heterocycles. The lowest BCUT2D eigenvalue weighted by Crippen LogP contribution is -2.14. The zero-order chi connectivity index (χ0) is 7.56. The van der Waals surface area contributed by atoms with Crippen molar-refractivity contribution in [3.05, 3.63) is 0 Å². The Bertz CT molecular complexity index is 129. The number of hydrogen-bond acceptors (Lipinski definition) is 1. The normalized spacial score (nSPS) is 29.0. The molecule has 0 spiro atoms. The van der Waals surface area contributed by atoms with Crippen molar-refractivity contribution < 1.29 is 4.79 Å². The molecule has 0 radical (unpaired) electrons. The van der Waals surface area contributed by atoms with E-state index in [0.29, 0.717) is 17.6 Å². The number of ketones is 1. The van der Waals surface area contributed by atoms with Crippen molar-refractivity contribution in [3.63, 3.8) is 0 Å². The summed E-state index contributed by atoms with van der Waals surface area (Å²) in [6, 6.07) is 0. The Balaban J connectivity index is 2.46. The summed E-state index contributed by atoms with van der Waals surface area (Å²) in [4.78, 5) is 11.2. The summed E-state index contributed by atoms with van der Waals surface area (Å²) in [5, 5.41) is 0. The molecule has 1 aliphatic carbocycles. The van der Waals surface area contributed by atoms with Gasteiger partial charge in [0.05, 0.1) is 0 Å². The maximum Gasteiger partial charge on any atom is 0.136 e. The van der Waals surface area contributed by atoms with Crippen molar-refractivity contribution in [1.29, 1.82) is 0 Å². The predicted octanol–water partition coefficient (Wildman–Crippen LogP) is 2.40. The molecule has 1 nitrogen and oxygen atoms in total. The van der Waals surface area contributed by atoms with Crippen LogP contribution in [0.5, 0.6) is 0 Å². The smallest absolute Gasteiger partial charge is 0.136 e. The van der Waals surface area contributed by atoms with Crippen molar-refractivity contribution in [2.45, 2.75) is 39.5 Å². The molecule has 1 rings (SSSR count). The number of Topliss-reactive ketones (excluding diaryl/α,β-unsaturated/α-hetero) is 1. The molecule has 1 saturated carbocycles. The van der Waals surface area contributed by atoms with Crippen LogP contribution >= 0.6 is 0 Å². The van der Waals surface area contributed by atoms with Crippen LogP contribution in [0, 0.1) is 11.8 Å². The van der Waals surface area contributed by atoms with E-state index in [-0.39, 0.29) is 0 Å². The minimum Gasteiger partial charge on any atom is -0.299 e. The highest BCUT2D eigenvalue weighted by atomic mass is 16.1. The standard InChI is InChI=1S/C9H16O/c1-3-7(2)8-5-4-6-9(8)10/h7-8H,3-6H2,1-2H3/t7?,8-/m0/s1. The third kappa shape index (κ3) is 1.39. The van der Waals surface area contributed by atoms with Crippen LogP contribution in [0.3, 0.4) is 0 Å². The Kier molecular flexibility index (Phi) is 2.47. The topological polar surface area (TPSA) is 17.1 Å². The minimum absolute atomic E-state index is 0.407. The summed E-state index contributed by atoms with van der Waals surface area (Å²) in [6.45, 7) is 4.35. The molecule has 1 aliphatic rings. The predicted molar refractivity (Wildman–Crippen MR) is 41.8 cm³/mol. The number of rotatable bonds is 2. The van der Waals surface area contributed by atoms with Crippen molar-refractivity contribution in [2.24, 2.45) is 11.8 Å². The quantitative estimate of drug-likeness (QED) is 0.575. The Hall–Kier alpha value is -0.330. The Labute approximate surface area is 62.8 Å². The second kappa shape index (κ2) is 3.18. The van der Waals surface area contributed by atoms with Gasteiger partial charge in [-0.3, -0.25) is 4.79 Å². The zero-order valence-electron chi connectivity index (χ0n) is 6.89. The monoisotopic (exact) mass is 140 g/mol. The molecule has 0 aromatic heterocycles. The Morgan fingerprint density at radius 3 is 2.80 bits per heavy atom. The highest BCUT2D eigenvalue weighted by molar-refractivity contribution is 5.83. The number of carbonyl (C=O) groups excluding carboxylic acids is 1. The summed E-state index contributed by atoms with van der Waals surface area (Å²) >= 11 is 0. The number of hydrogen-bond donors (Lipinski definition) is 0. The van der Waals surface area contributed by atoms with Crippen LogP contribution in [0.2, 0.25) is 0 Å². The lowest BCUT2D eigenvalue weighted by atomic mass is 9.90. The summed E-state index contributed by atoms with van der Waals surface area (Å²) in [7, 11) is 0. The summed E-state index contributed by atoms with van der Waals surface area (Å²) in [6.07, 6.45) is 4.27. The molecular formula is C9H16O. The second-order valence-electron chi connectivity index (χ2n) is 3.35. The van der Waals surface area contributed by atoms with Gasteiger partial charge in [0.2, 0.25) is 0 Å². The first-order valence-corrected chi connectivity index (χ1v) is 4.28. The first kappa shape index (κ1) is 7.77. The van der Waals surface area contributed by atoms with E-state index < -0.39 is 0 Å². The fourth-order valence-electron chi connectivity index (χ4n) is 1.73. The average Bonchev–Trinajstić information content (AvgIpc) is 2.34. The molecule has 0 aromatic rings. The van der Waals surface area contributed by atoms with Gasteiger partial charge in [0, 0.05) is 12.3 Å². The van der Waals surface area contributed by atoms with E-state index in [4.69, 9.17) is 0 Å². The van der Waals surface area contributed by atoms with Crippen LogP contribution in [0.15, 0.2) is 0 Å². The van der Waals surface area contributed by atoms with E-state index >= 15 is 0 Å². The molecular weight excluding hydrogens is 124 g/mol. The molecule has 0 aromatic carbocycles. The molecule has 2 atom stereocenters. The van der Waals surface area contributed by atoms with Crippen LogP contribution in [0.25, 0.3) is 0 Å². The van der Waals surface area contributed by atoms with Crippen LogP contribution in [-0.4, -0.2) is 5.78 Å². The lowest BCUT2D eigenvalue weighted by molar-refractivity contribution is -0.121. The van der Waals surface area contributed by atoms with Gasteiger partial charge in [-0.15, -0.1) is 0 Å². The van der Waals surface area contributed by atoms with E-state index in [0.717, 1.165) is 25.7 Å². The lowest BCUT2D eigenvalue weighted by Gasteiger charge is -2.14. The third-order valence-corrected chi connectivity index (χ3v) is 2.68. The maximum atomic E-state index is 11.2. The summed E-state index contributed by atoms with van der Waals surface area (Å²) in [5.41, 5.74) is 0. The van der Waals surface area contributed by atoms with Gasteiger partial charge in [0.25, 0.3) is 0 Å². The van der Waals surface area contributed by atoms with E-state index in [1.165, 1.54) is 0 Å². The largest absolute Gasteiger partial charge is 0.299 e. The third-order valence-electron chi connectivity index (χ3n) is 2.68. The fourth-order valence-corrected chi connectivity index (χ4v) is 1.73. The highest BCUT2D eigenvalue weighted by Gasteiger charge is 2.27. The van der Waals surface area contributed by atoms with Gasteiger partial charge in [0.15, 0.2) is 0 Å². The van der Waals surface area contributed by atoms with Crippen LogP contribution in [0.4, 0.5) is 0 Å². The number of carbonyl (C=O) groups is 1. The molecule has 0 saturated heterocycles. The first-order valence-electron chi connectivity index (χ1n) is 4.28. The maximum absolute atomic E-state index is 11.2. The zero-order valence-corrected chi connectivity index (χ0v) is 6.89. The first-order chi connectivity index (χ1) is 4.75. The van der Waals surface area contributed by atoms with Crippen molar-refractivity contribution in [1.82, 2.24) is 0 Å². The molecule has 0 N–H and O–H groups in total. The van der Waals surface area contributed by atoms with Gasteiger partial charge in [-0.2, -0.15) is 0 Å². The average molecular weight is 140 g/mol. The second-order valence-corrected chi connectivity index (χ2v) is 3.35. The van der Waals surface area contributed by atoms with E-state index in [9.17, 15) is 4.79 Å². The van der Waals surface area contributed by atoms with Crippen LogP contribution in [0.1, 0.15) is 39.5 Å². The van der Waals surface area contributed by atoms with Gasteiger partial charge >= 0.3 is 0 Å². The van der Waals surface area contributed by atoms with E-state index in [2.05, 4.69) is 13.8 Å². The molecule has 0 heterocycles. The minimum atomic E-state index is 0.407. The molecule has 1 fully saturated rings. The molecule has 10 heavy (non-hydrogen) atoms. The van der Waals surface area contributed by atoms with Crippen LogP contribution in [-0.2, 0) is 4.79 Å². The Morgan fingerprint density at radius 1 is 1.70 bits per heavy atom.